The Morgan fingerprint density at radius 2 is 2.00 bits per heavy atom. The van der Waals surface area contributed by atoms with Gasteiger partial charge in [-0.05, 0) is 37.3 Å². The number of hydrogen-bond donors (Lipinski definition) is 2. The Bertz CT molecular complexity index is 662. The topological polar surface area (TPSA) is 68.0 Å². The lowest BCUT2D eigenvalue weighted by Crippen LogP contribution is -2.41. The molecule has 4 nitrogen and oxygen atoms in total. The molecule has 22 heavy (non-hydrogen) atoms. The number of nitrogens with one attached hydrogen (secondary N) is 1. The molecule has 1 amide bonds. The molecule has 0 spiro atoms. The summed E-state index contributed by atoms with van der Waals surface area (Å²) in [6.45, 7) is 2.54. The number of aromatic nitrogens is 1. The molecule has 1 atom stereocenters. The van der Waals surface area contributed by atoms with Crippen molar-refractivity contribution < 1.29 is 4.79 Å². The molecule has 114 valence electrons. The molecule has 1 aromatic carbocycles. The summed E-state index contributed by atoms with van der Waals surface area (Å²) >= 11 is 0. The second-order valence-electron chi connectivity index (χ2n) is 5.98. The van der Waals surface area contributed by atoms with Crippen molar-refractivity contribution in [1.82, 2.24) is 10.3 Å². The largest absolute Gasteiger partial charge is 0.348 e. The number of carbonyl (C=O) groups is 1. The second kappa shape index (κ2) is 6.28. The molecule has 2 aromatic rings. The van der Waals surface area contributed by atoms with Crippen LogP contribution in [-0.2, 0) is 0 Å². The van der Waals surface area contributed by atoms with Gasteiger partial charge in [-0.3, -0.25) is 9.78 Å². The minimum atomic E-state index is -0.0937. The molecule has 4 heteroatoms. The van der Waals surface area contributed by atoms with Gasteiger partial charge in [-0.1, -0.05) is 29.8 Å². The van der Waals surface area contributed by atoms with Crippen molar-refractivity contribution in [2.24, 2.45) is 11.7 Å². The number of carbonyl (C=O) groups excluding carboxylic acids is 1. The molecule has 0 bridgehead atoms. The first-order chi connectivity index (χ1) is 10.7. The van der Waals surface area contributed by atoms with Crippen LogP contribution in [0.5, 0.6) is 0 Å². The molecular weight excluding hydrogens is 274 g/mol. The summed E-state index contributed by atoms with van der Waals surface area (Å²) < 4.78 is 0. The molecular formula is C18H21N3O. The van der Waals surface area contributed by atoms with Crippen molar-refractivity contribution in [2.75, 3.05) is 6.54 Å². The number of nitrogens with two attached hydrogens (primary N) is 1. The number of pyridine rings is 1. The fraction of sp³-hybridized carbons (Fsp3) is 0.333. The van der Waals surface area contributed by atoms with Crippen molar-refractivity contribution in [3.05, 3.63) is 53.9 Å². The molecule has 1 fully saturated rings. The standard InChI is InChI=1S/C18H21N3O/c1-12-2-4-13(5-3-12)15-8-16(11-20-10-15)18(22)21-17(9-19)14-6-7-14/h2-5,8,10-11,14,17H,6-7,9,19H2,1H3,(H,21,22). The van der Waals surface area contributed by atoms with Crippen LogP contribution in [0.2, 0.25) is 0 Å². The van der Waals surface area contributed by atoms with Crippen LogP contribution in [0.4, 0.5) is 0 Å². The molecule has 0 aliphatic heterocycles. The molecule has 0 saturated heterocycles. The van der Waals surface area contributed by atoms with E-state index in [-0.39, 0.29) is 11.9 Å². The fourth-order valence-corrected chi connectivity index (χ4v) is 2.59. The van der Waals surface area contributed by atoms with E-state index < -0.39 is 0 Å². The first-order valence-electron chi connectivity index (χ1n) is 7.70. The number of nitrogens with zero attached hydrogens (tertiary/aromatic N) is 1. The van der Waals surface area contributed by atoms with Crippen LogP contribution in [-0.4, -0.2) is 23.5 Å². The van der Waals surface area contributed by atoms with E-state index in [1.54, 1.807) is 12.4 Å². The van der Waals surface area contributed by atoms with Crippen LogP contribution in [0.1, 0.15) is 28.8 Å². The Morgan fingerprint density at radius 1 is 1.27 bits per heavy atom. The molecule has 3 N–H and O–H groups in total. The number of rotatable bonds is 5. The highest BCUT2D eigenvalue weighted by molar-refractivity contribution is 5.95. The molecule has 1 saturated carbocycles. The summed E-state index contributed by atoms with van der Waals surface area (Å²) in [5, 5.41) is 3.03. The predicted octanol–water partition coefficient (Wildman–Crippen LogP) is 2.52. The van der Waals surface area contributed by atoms with Crippen LogP contribution in [0.25, 0.3) is 11.1 Å². The van der Waals surface area contributed by atoms with Gasteiger partial charge in [0.2, 0.25) is 0 Å². The van der Waals surface area contributed by atoms with E-state index in [4.69, 9.17) is 5.73 Å². The molecule has 1 heterocycles. The zero-order chi connectivity index (χ0) is 15.5. The van der Waals surface area contributed by atoms with Crippen LogP contribution >= 0.6 is 0 Å². The number of aryl methyl sites for hydroxylation is 1. The second-order valence-corrected chi connectivity index (χ2v) is 5.98. The van der Waals surface area contributed by atoms with Crippen LogP contribution in [0, 0.1) is 12.8 Å². The smallest absolute Gasteiger partial charge is 0.253 e. The highest BCUT2D eigenvalue weighted by Crippen LogP contribution is 2.32. The van der Waals surface area contributed by atoms with Gasteiger partial charge in [0.25, 0.3) is 5.91 Å². The summed E-state index contributed by atoms with van der Waals surface area (Å²) in [6, 6.07) is 10.2. The van der Waals surface area contributed by atoms with E-state index in [0.717, 1.165) is 24.0 Å². The van der Waals surface area contributed by atoms with Gasteiger partial charge >= 0.3 is 0 Å². The number of benzene rings is 1. The molecule has 1 unspecified atom stereocenters. The van der Waals surface area contributed by atoms with Gasteiger partial charge in [-0.25, -0.2) is 0 Å². The Hall–Kier alpha value is -2.20. The lowest BCUT2D eigenvalue weighted by molar-refractivity contribution is 0.0933. The summed E-state index contributed by atoms with van der Waals surface area (Å²) in [6.07, 6.45) is 5.70. The quantitative estimate of drug-likeness (QED) is 0.890. The maximum atomic E-state index is 12.4. The van der Waals surface area contributed by atoms with Crippen molar-refractivity contribution in [1.29, 1.82) is 0 Å². The average Bonchev–Trinajstić information content (AvgIpc) is 3.38. The average molecular weight is 295 g/mol. The predicted molar refractivity (Wildman–Crippen MR) is 87.4 cm³/mol. The van der Waals surface area contributed by atoms with Gasteiger partial charge in [0.1, 0.15) is 0 Å². The number of hydrogen-bond acceptors (Lipinski definition) is 3. The molecule has 0 radical (unpaired) electrons. The Kier molecular flexibility index (Phi) is 4.20. The fourth-order valence-electron chi connectivity index (χ4n) is 2.59. The summed E-state index contributed by atoms with van der Waals surface area (Å²) in [5.74, 6) is 0.450. The Morgan fingerprint density at radius 3 is 2.64 bits per heavy atom. The van der Waals surface area contributed by atoms with Crippen molar-refractivity contribution >= 4 is 5.91 Å². The summed E-state index contributed by atoms with van der Waals surface area (Å²) in [5.41, 5.74) is 9.54. The van der Waals surface area contributed by atoms with Gasteiger partial charge < -0.3 is 11.1 Å². The van der Waals surface area contributed by atoms with E-state index in [1.165, 1.54) is 5.56 Å². The highest BCUT2D eigenvalue weighted by atomic mass is 16.1. The van der Waals surface area contributed by atoms with E-state index in [2.05, 4.69) is 29.4 Å². The molecule has 3 rings (SSSR count). The van der Waals surface area contributed by atoms with Gasteiger partial charge in [-0.2, -0.15) is 0 Å². The van der Waals surface area contributed by atoms with E-state index in [9.17, 15) is 4.79 Å². The third kappa shape index (κ3) is 3.34. The highest BCUT2D eigenvalue weighted by Gasteiger charge is 2.31. The minimum absolute atomic E-state index is 0.0792. The van der Waals surface area contributed by atoms with Crippen molar-refractivity contribution in [3.63, 3.8) is 0 Å². The third-order valence-corrected chi connectivity index (χ3v) is 4.15. The maximum Gasteiger partial charge on any atom is 0.253 e. The van der Waals surface area contributed by atoms with E-state index in [1.807, 2.05) is 18.2 Å². The molecule has 1 aromatic heterocycles. The lowest BCUT2D eigenvalue weighted by atomic mass is 10.0. The van der Waals surface area contributed by atoms with Crippen molar-refractivity contribution in [2.45, 2.75) is 25.8 Å². The van der Waals surface area contributed by atoms with Gasteiger partial charge in [0, 0.05) is 30.5 Å². The first-order valence-corrected chi connectivity index (χ1v) is 7.70. The molecule has 1 aliphatic rings. The van der Waals surface area contributed by atoms with Crippen LogP contribution in [0.3, 0.4) is 0 Å². The minimum Gasteiger partial charge on any atom is -0.348 e. The van der Waals surface area contributed by atoms with Gasteiger partial charge in [0.05, 0.1) is 5.56 Å². The zero-order valence-electron chi connectivity index (χ0n) is 12.8. The van der Waals surface area contributed by atoms with Crippen molar-refractivity contribution in [3.8, 4) is 11.1 Å². The summed E-state index contributed by atoms with van der Waals surface area (Å²) in [4.78, 5) is 16.6. The van der Waals surface area contributed by atoms with E-state index in [0.29, 0.717) is 18.0 Å². The normalized spacial score (nSPS) is 15.4. The SMILES string of the molecule is Cc1ccc(-c2cncc(C(=O)NC(CN)C3CC3)c2)cc1. The zero-order valence-corrected chi connectivity index (χ0v) is 12.8. The lowest BCUT2D eigenvalue weighted by Gasteiger charge is -2.16. The van der Waals surface area contributed by atoms with Crippen LogP contribution < -0.4 is 11.1 Å². The van der Waals surface area contributed by atoms with E-state index >= 15 is 0 Å². The third-order valence-electron chi connectivity index (χ3n) is 4.15. The monoisotopic (exact) mass is 295 g/mol. The Balaban J connectivity index is 1.78. The van der Waals surface area contributed by atoms with Crippen LogP contribution in [0.15, 0.2) is 42.7 Å². The number of amides is 1. The maximum absolute atomic E-state index is 12.4. The summed E-state index contributed by atoms with van der Waals surface area (Å²) in [7, 11) is 0. The van der Waals surface area contributed by atoms with Gasteiger partial charge in [0.15, 0.2) is 0 Å². The Labute approximate surface area is 130 Å². The first kappa shape index (κ1) is 14.7. The molecule has 1 aliphatic carbocycles. The van der Waals surface area contributed by atoms with Gasteiger partial charge in [-0.15, -0.1) is 0 Å².